The Labute approximate surface area is 116 Å². The van der Waals surface area contributed by atoms with Gasteiger partial charge in [-0.1, -0.05) is 41.7 Å². The smallest absolute Gasteiger partial charge is 0.127 e. The van der Waals surface area contributed by atoms with Crippen LogP contribution in [0.25, 0.3) is 21.8 Å². The summed E-state index contributed by atoms with van der Waals surface area (Å²) in [6.45, 7) is 0. The average molecular weight is 267 g/mol. The molecule has 1 aromatic carbocycles. The molecule has 2 heterocycles. The summed E-state index contributed by atoms with van der Waals surface area (Å²) in [5, 5.41) is 5.28. The van der Waals surface area contributed by atoms with E-state index >= 15 is 0 Å². The van der Waals surface area contributed by atoms with Gasteiger partial charge in [-0.05, 0) is 12.1 Å². The third kappa shape index (κ3) is 2.35. The lowest BCUT2D eigenvalue weighted by atomic mass is 10.1. The van der Waals surface area contributed by atoms with Crippen molar-refractivity contribution in [2.75, 3.05) is 12.4 Å². The molecule has 0 radical (unpaired) electrons. The minimum Gasteiger partial charge on any atom is -0.378 e. The third-order valence-corrected chi connectivity index (χ3v) is 3.93. The van der Waals surface area contributed by atoms with Crippen LogP contribution in [0.1, 0.15) is 0 Å². The SMILES string of the molecule is CNc1sc(-c2cccnc2)nc1-c1ccccc1. The molecule has 0 spiro atoms. The molecule has 3 rings (SSSR count). The number of hydrogen-bond acceptors (Lipinski definition) is 4. The van der Waals surface area contributed by atoms with E-state index in [-0.39, 0.29) is 0 Å². The Morgan fingerprint density at radius 1 is 1.00 bits per heavy atom. The molecule has 19 heavy (non-hydrogen) atoms. The topological polar surface area (TPSA) is 37.8 Å². The highest BCUT2D eigenvalue weighted by Crippen LogP contribution is 2.37. The van der Waals surface area contributed by atoms with E-state index in [2.05, 4.69) is 22.4 Å². The molecule has 0 aliphatic rings. The van der Waals surface area contributed by atoms with E-state index in [1.54, 1.807) is 17.5 Å². The fourth-order valence-corrected chi connectivity index (χ4v) is 2.83. The van der Waals surface area contributed by atoms with E-state index < -0.39 is 0 Å². The van der Waals surface area contributed by atoms with Crippen molar-refractivity contribution in [1.29, 1.82) is 0 Å². The van der Waals surface area contributed by atoms with E-state index in [9.17, 15) is 0 Å². The monoisotopic (exact) mass is 267 g/mol. The zero-order chi connectivity index (χ0) is 13.1. The van der Waals surface area contributed by atoms with Gasteiger partial charge in [0.2, 0.25) is 0 Å². The second kappa shape index (κ2) is 5.20. The Morgan fingerprint density at radius 2 is 1.79 bits per heavy atom. The second-order valence-electron chi connectivity index (χ2n) is 4.05. The molecule has 0 fully saturated rings. The highest BCUT2D eigenvalue weighted by Gasteiger charge is 2.12. The average Bonchev–Trinajstić information content (AvgIpc) is 2.93. The lowest BCUT2D eigenvalue weighted by molar-refractivity contribution is 1.31. The van der Waals surface area contributed by atoms with Crippen LogP contribution in [0.2, 0.25) is 0 Å². The molecule has 3 aromatic rings. The van der Waals surface area contributed by atoms with Crippen LogP contribution in [-0.4, -0.2) is 17.0 Å². The summed E-state index contributed by atoms with van der Waals surface area (Å²) >= 11 is 1.65. The number of nitrogens with zero attached hydrogens (tertiary/aromatic N) is 2. The quantitative estimate of drug-likeness (QED) is 0.781. The van der Waals surface area contributed by atoms with Crippen LogP contribution in [0.4, 0.5) is 5.00 Å². The molecule has 0 saturated carbocycles. The van der Waals surface area contributed by atoms with Crippen LogP contribution in [0.15, 0.2) is 54.9 Å². The van der Waals surface area contributed by atoms with Crippen molar-refractivity contribution in [3.8, 4) is 21.8 Å². The zero-order valence-corrected chi connectivity index (χ0v) is 11.3. The molecule has 0 bridgehead atoms. The first kappa shape index (κ1) is 11.9. The van der Waals surface area contributed by atoms with Gasteiger partial charge in [-0.2, -0.15) is 0 Å². The number of hydrogen-bond donors (Lipinski definition) is 1. The molecule has 4 heteroatoms. The molecule has 2 aromatic heterocycles. The second-order valence-corrected chi connectivity index (χ2v) is 5.05. The van der Waals surface area contributed by atoms with Crippen molar-refractivity contribution in [3.63, 3.8) is 0 Å². The summed E-state index contributed by atoms with van der Waals surface area (Å²) in [5.41, 5.74) is 3.16. The number of rotatable bonds is 3. The van der Waals surface area contributed by atoms with Gasteiger partial charge < -0.3 is 5.32 Å². The van der Waals surface area contributed by atoms with Gasteiger partial charge in [0.25, 0.3) is 0 Å². The van der Waals surface area contributed by atoms with Crippen molar-refractivity contribution in [2.45, 2.75) is 0 Å². The van der Waals surface area contributed by atoms with Gasteiger partial charge in [0.05, 0.1) is 0 Å². The normalized spacial score (nSPS) is 10.4. The van der Waals surface area contributed by atoms with E-state index in [4.69, 9.17) is 4.98 Å². The number of nitrogens with one attached hydrogen (secondary N) is 1. The predicted octanol–water partition coefficient (Wildman–Crippen LogP) is 3.91. The minimum absolute atomic E-state index is 0.983. The van der Waals surface area contributed by atoms with Crippen LogP contribution in [-0.2, 0) is 0 Å². The highest BCUT2D eigenvalue weighted by atomic mass is 32.1. The first-order valence-corrected chi connectivity index (χ1v) is 6.84. The van der Waals surface area contributed by atoms with Crippen LogP contribution in [0, 0.1) is 0 Å². The van der Waals surface area contributed by atoms with Crippen molar-refractivity contribution in [3.05, 3.63) is 54.9 Å². The van der Waals surface area contributed by atoms with Gasteiger partial charge in [-0.3, -0.25) is 4.98 Å². The number of anilines is 1. The maximum atomic E-state index is 4.74. The van der Waals surface area contributed by atoms with Crippen molar-refractivity contribution in [1.82, 2.24) is 9.97 Å². The lowest BCUT2D eigenvalue weighted by Gasteiger charge is -2.00. The number of benzene rings is 1. The molecule has 0 saturated heterocycles. The summed E-state index contributed by atoms with van der Waals surface area (Å²) < 4.78 is 0. The fraction of sp³-hybridized carbons (Fsp3) is 0.0667. The molecular weight excluding hydrogens is 254 g/mol. The van der Waals surface area contributed by atoms with Crippen LogP contribution >= 0.6 is 11.3 Å². The van der Waals surface area contributed by atoms with Crippen LogP contribution < -0.4 is 5.32 Å². The summed E-state index contributed by atoms with van der Waals surface area (Å²) in [7, 11) is 1.92. The highest BCUT2D eigenvalue weighted by molar-refractivity contribution is 7.19. The zero-order valence-electron chi connectivity index (χ0n) is 10.5. The first-order chi connectivity index (χ1) is 9.38. The molecule has 0 aliphatic carbocycles. The maximum absolute atomic E-state index is 4.74. The molecular formula is C15H13N3S. The summed E-state index contributed by atoms with van der Waals surface area (Å²) in [4.78, 5) is 8.88. The first-order valence-electron chi connectivity index (χ1n) is 6.03. The maximum Gasteiger partial charge on any atom is 0.127 e. The molecule has 1 N–H and O–H groups in total. The van der Waals surface area contributed by atoms with Gasteiger partial charge in [-0.25, -0.2) is 4.98 Å². The van der Waals surface area contributed by atoms with Gasteiger partial charge in [0.1, 0.15) is 15.7 Å². The van der Waals surface area contributed by atoms with Gasteiger partial charge in [0, 0.05) is 30.6 Å². The Bertz CT molecular complexity index is 662. The summed E-state index contributed by atoms with van der Waals surface area (Å²) in [6, 6.07) is 14.2. The molecule has 94 valence electrons. The summed E-state index contributed by atoms with van der Waals surface area (Å²) in [6.07, 6.45) is 3.61. The van der Waals surface area contributed by atoms with Crippen molar-refractivity contribution < 1.29 is 0 Å². The Kier molecular flexibility index (Phi) is 3.25. The largest absolute Gasteiger partial charge is 0.378 e. The Hall–Kier alpha value is -2.20. The van der Waals surface area contributed by atoms with Gasteiger partial charge >= 0.3 is 0 Å². The van der Waals surface area contributed by atoms with Gasteiger partial charge in [-0.15, -0.1) is 0 Å². The number of thiazole rings is 1. The molecule has 3 nitrogen and oxygen atoms in total. The molecule has 0 atom stereocenters. The number of aromatic nitrogens is 2. The van der Waals surface area contributed by atoms with E-state index in [0.717, 1.165) is 26.8 Å². The van der Waals surface area contributed by atoms with E-state index in [1.165, 1.54) is 0 Å². The van der Waals surface area contributed by atoms with E-state index in [0.29, 0.717) is 0 Å². The van der Waals surface area contributed by atoms with Crippen molar-refractivity contribution >= 4 is 16.3 Å². The van der Waals surface area contributed by atoms with Gasteiger partial charge in [0.15, 0.2) is 0 Å². The van der Waals surface area contributed by atoms with Crippen LogP contribution in [0.3, 0.4) is 0 Å². The lowest BCUT2D eigenvalue weighted by Crippen LogP contribution is -1.87. The Balaban J connectivity index is 2.09. The molecule has 0 unspecified atom stereocenters. The standard InChI is InChI=1S/C15H13N3S/c1-16-15-13(11-6-3-2-4-7-11)18-14(19-15)12-8-5-9-17-10-12/h2-10,16H,1H3. The van der Waals surface area contributed by atoms with Crippen LogP contribution in [0.5, 0.6) is 0 Å². The summed E-state index contributed by atoms with van der Waals surface area (Å²) in [5.74, 6) is 0. The third-order valence-electron chi connectivity index (χ3n) is 2.81. The van der Waals surface area contributed by atoms with Crippen molar-refractivity contribution in [2.24, 2.45) is 0 Å². The predicted molar refractivity (Wildman–Crippen MR) is 80.3 cm³/mol. The minimum atomic E-state index is 0.983. The molecule has 0 amide bonds. The fourth-order valence-electron chi connectivity index (χ4n) is 1.89. The molecule has 0 aliphatic heterocycles. The number of pyridine rings is 1. The Morgan fingerprint density at radius 3 is 2.47 bits per heavy atom. The van der Waals surface area contributed by atoms with E-state index in [1.807, 2.05) is 43.6 Å².